The molecule has 2 aromatic heterocycles. The predicted molar refractivity (Wildman–Crippen MR) is 111 cm³/mol. The van der Waals surface area contributed by atoms with Crippen LogP contribution in [-0.4, -0.2) is 24.9 Å². The first-order valence-electron chi connectivity index (χ1n) is 9.04. The van der Waals surface area contributed by atoms with Gasteiger partial charge in [-0.3, -0.25) is 14.8 Å². The molecule has 0 bridgehead atoms. The monoisotopic (exact) mass is 469 g/mol. The van der Waals surface area contributed by atoms with Crippen LogP contribution in [0.4, 0.5) is 5.69 Å². The van der Waals surface area contributed by atoms with Gasteiger partial charge in [-0.05, 0) is 35.9 Å². The minimum absolute atomic E-state index is 0.0527. The van der Waals surface area contributed by atoms with Crippen molar-refractivity contribution in [1.29, 1.82) is 0 Å². The lowest BCUT2D eigenvalue weighted by atomic mass is 10.1. The predicted octanol–water partition coefficient (Wildman–Crippen LogP) is 4.43. The lowest BCUT2D eigenvalue weighted by Crippen LogP contribution is -2.01. The molecule has 0 spiro atoms. The molecule has 0 aliphatic rings. The van der Waals surface area contributed by atoms with Gasteiger partial charge in [-0.2, -0.15) is 5.10 Å². The van der Waals surface area contributed by atoms with Gasteiger partial charge in [0.15, 0.2) is 0 Å². The van der Waals surface area contributed by atoms with Crippen LogP contribution in [0.2, 0.25) is 0 Å². The zero-order valence-corrected chi connectivity index (χ0v) is 17.2. The molecule has 2 heterocycles. The molecular formula is C20H16BrN5O4. The van der Waals surface area contributed by atoms with Crippen LogP contribution in [0.15, 0.2) is 69.8 Å². The summed E-state index contributed by atoms with van der Waals surface area (Å²) in [6, 6.07) is 15.3. The molecule has 0 atom stereocenters. The van der Waals surface area contributed by atoms with E-state index >= 15 is 0 Å². The summed E-state index contributed by atoms with van der Waals surface area (Å²) in [6.45, 7) is 0.805. The maximum atomic E-state index is 10.7. The van der Waals surface area contributed by atoms with Crippen molar-refractivity contribution in [1.82, 2.24) is 20.0 Å². The minimum Gasteiger partial charge on any atom is -0.489 e. The van der Waals surface area contributed by atoms with E-state index in [9.17, 15) is 10.1 Å². The van der Waals surface area contributed by atoms with E-state index in [-0.39, 0.29) is 5.69 Å². The second-order valence-corrected chi connectivity index (χ2v) is 7.33. The second kappa shape index (κ2) is 8.87. The first-order chi connectivity index (χ1) is 14.6. The molecule has 4 aromatic rings. The number of benzene rings is 2. The second-order valence-electron chi connectivity index (χ2n) is 6.42. The van der Waals surface area contributed by atoms with Gasteiger partial charge in [0, 0.05) is 23.0 Å². The van der Waals surface area contributed by atoms with Crippen molar-refractivity contribution in [2.45, 2.75) is 19.6 Å². The molecular weight excluding hydrogens is 454 g/mol. The molecule has 0 aliphatic heterocycles. The molecule has 2 aromatic carbocycles. The van der Waals surface area contributed by atoms with Gasteiger partial charge in [0.25, 0.3) is 0 Å². The number of ether oxygens (including phenoxy) is 1. The van der Waals surface area contributed by atoms with Crippen molar-refractivity contribution < 1.29 is 14.1 Å². The molecule has 30 heavy (non-hydrogen) atoms. The number of rotatable bonds is 8. The van der Waals surface area contributed by atoms with E-state index < -0.39 is 4.92 Å². The van der Waals surface area contributed by atoms with Crippen molar-refractivity contribution in [2.24, 2.45) is 0 Å². The van der Waals surface area contributed by atoms with Crippen molar-refractivity contribution in [3.63, 3.8) is 0 Å². The Hall–Kier alpha value is -3.53. The topological polar surface area (TPSA) is 109 Å². The average molecular weight is 470 g/mol. The van der Waals surface area contributed by atoms with E-state index in [1.165, 1.54) is 17.1 Å². The van der Waals surface area contributed by atoms with E-state index in [2.05, 4.69) is 31.2 Å². The quantitative estimate of drug-likeness (QED) is 0.277. The third-order valence-electron chi connectivity index (χ3n) is 4.23. The summed E-state index contributed by atoms with van der Waals surface area (Å²) in [6.07, 6.45) is 2.99. The van der Waals surface area contributed by atoms with Crippen molar-refractivity contribution in [3.8, 4) is 17.2 Å². The molecule has 0 saturated heterocycles. The Morgan fingerprint density at radius 3 is 2.83 bits per heavy atom. The van der Waals surface area contributed by atoms with Crippen LogP contribution in [0, 0.1) is 10.1 Å². The molecule has 0 fully saturated rings. The van der Waals surface area contributed by atoms with Crippen LogP contribution in [0.25, 0.3) is 11.5 Å². The summed E-state index contributed by atoms with van der Waals surface area (Å²) in [4.78, 5) is 10.2. The number of aryl methyl sites for hydroxylation is 2. The van der Waals surface area contributed by atoms with E-state index in [1.54, 1.807) is 0 Å². The van der Waals surface area contributed by atoms with Gasteiger partial charge in [-0.15, -0.1) is 10.2 Å². The summed E-state index contributed by atoms with van der Waals surface area (Å²) < 4.78 is 14.0. The molecule has 10 heteroatoms. The molecule has 0 radical (unpaired) electrons. The summed E-state index contributed by atoms with van der Waals surface area (Å²) in [5.74, 6) is 1.61. The Bertz CT molecular complexity index is 1170. The first-order valence-corrected chi connectivity index (χ1v) is 9.83. The highest BCUT2D eigenvalue weighted by atomic mass is 79.9. The standard InChI is InChI=1S/C20H16BrN5O4/c21-16-5-2-6-18(10-16)29-13-14-3-1-4-15(9-14)20-24-23-19(30-20)7-8-25-12-17(11-22-25)26(27)28/h1-6,9-12H,7-8,13H2. The molecule has 152 valence electrons. The largest absolute Gasteiger partial charge is 0.489 e. The Labute approximate surface area is 179 Å². The van der Waals surface area contributed by atoms with E-state index in [0.29, 0.717) is 31.4 Å². The van der Waals surface area contributed by atoms with Crippen LogP contribution in [-0.2, 0) is 19.6 Å². The number of hydrogen-bond acceptors (Lipinski definition) is 7. The molecule has 0 amide bonds. The van der Waals surface area contributed by atoms with Crippen LogP contribution in [0.5, 0.6) is 5.75 Å². The highest BCUT2D eigenvalue weighted by Crippen LogP contribution is 2.22. The van der Waals surface area contributed by atoms with Gasteiger partial charge in [-0.25, -0.2) is 0 Å². The lowest BCUT2D eigenvalue weighted by molar-refractivity contribution is -0.385. The number of aromatic nitrogens is 4. The lowest BCUT2D eigenvalue weighted by Gasteiger charge is -2.07. The van der Waals surface area contributed by atoms with Gasteiger partial charge in [0.05, 0.1) is 4.92 Å². The number of halogens is 1. The van der Waals surface area contributed by atoms with Gasteiger partial charge in [0.2, 0.25) is 11.8 Å². The molecule has 0 unspecified atom stereocenters. The summed E-state index contributed by atoms with van der Waals surface area (Å²) in [5, 5.41) is 22.8. The maximum absolute atomic E-state index is 10.7. The number of nitro groups is 1. The fourth-order valence-electron chi connectivity index (χ4n) is 2.77. The van der Waals surface area contributed by atoms with Gasteiger partial charge in [0.1, 0.15) is 24.8 Å². The third kappa shape index (κ3) is 4.90. The summed E-state index contributed by atoms with van der Waals surface area (Å²) in [5.41, 5.74) is 1.71. The van der Waals surface area contributed by atoms with E-state index in [1.807, 2.05) is 48.5 Å². The Morgan fingerprint density at radius 2 is 2.03 bits per heavy atom. The third-order valence-corrected chi connectivity index (χ3v) is 4.72. The van der Waals surface area contributed by atoms with Crippen molar-refractivity contribution >= 4 is 21.6 Å². The smallest absolute Gasteiger partial charge is 0.306 e. The van der Waals surface area contributed by atoms with Crippen molar-refractivity contribution in [2.75, 3.05) is 0 Å². The van der Waals surface area contributed by atoms with Crippen LogP contribution < -0.4 is 4.74 Å². The molecule has 0 saturated carbocycles. The highest BCUT2D eigenvalue weighted by Gasteiger charge is 2.12. The Morgan fingerprint density at radius 1 is 1.17 bits per heavy atom. The molecule has 4 rings (SSSR count). The van der Waals surface area contributed by atoms with E-state index in [0.717, 1.165) is 21.3 Å². The van der Waals surface area contributed by atoms with Crippen molar-refractivity contribution in [3.05, 3.63) is 87.0 Å². The van der Waals surface area contributed by atoms with Crippen LogP contribution in [0.3, 0.4) is 0 Å². The fourth-order valence-corrected chi connectivity index (χ4v) is 3.15. The number of nitrogens with zero attached hydrogens (tertiary/aromatic N) is 5. The maximum Gasteiger partial charge on any atom is 0.306 e. The Balaban J connectivity index is 1.39. The normalized spacial score (nSPS) is 10.8. The van der Waals surface area contributed by atoms with Crippen LogP contribution in [0.1, 0.15) is 11.5 Å². The van der Waals surface area contributed by atoms with Gasteiger partial charge < -0.3 is 9.15 Å². The SMILES string of the molecule is O=[N+]([O-])c1cnn(CCc2nnc(-c3cccc(COc4cccc(Br)c4)c3)o2)c1. The highest BCUT2D eigenvalue weighted by molar-refractivity contribution is 9.10. The first kappa shape index (κ1) is 19.8. The van der Waals surface area contributed by atoms with Crippen LogP contribution >= 0.6 is 15.9 Å². The summed E-state index contributed by atoms with van der Waals surface area (Å²) >= 11 is 3.43. The Kier molecular flexibility index (Phi) is 5.84. The zero-order valence-electron chi connectivity index (χ0n) is 15.6. The zero-order chi connectivity index (χ0) is 20.9. The van der Waals surface area contributed by atoms with Gasteiger partial charge >= 0.3 is 5.69 Å². The molecule has 0 aliphatic carbocycles. The fraction of sp³-hybridized carbons (Fsp3) is 0.150. The molecule has 0 N–H and O–H groups in total. The van der Waals surface area contributed by atoms with E-state index in [4.69, 9.17) is 9.15 Å². The average Bonchev–Trinajstić information content (AvgIpc) is 3.41. The summed E-state index contributed by atoms with van der Waals surface area (Å²) in [7, 11) is 0. The number of hydrogen-bond donors (Lipinski definition) is 0. The molecule has 9 nitrogen and oxygen atoms in total. The minimum atomic E-state index is -0.484. The van der Waals surface area contributed by atoms with Gasteiger partial charge in [-0.1, -0.05) is 34.1 Å².